The molecule has 1 atom stereocenters. The van der Waals surface area contributed by atoms with Crippen molar-refractivity contribution in [1.82, 2.24) is 0 Å². The molecule has 1 saturated carbocycles. The van der Waals surface area contributed by atoms with Gasteiger partial charge in [0, 0.05) is 18.7 Å². The fraction of sp³-hybridized carbons (Fsp3) is 0.682. The quantitative estimate of drug-likeness (QED) is 0.406. The first-order chi connectivity index (χ1) is 13.3. The van der Waals surface area contributed by atoms with E-state index in [1.807, 2.05) is 19.1 Å². The van der Waals surface area contributed by atoms with Crippen molar-refractivity contribution in [1.29, 1.82) is 0 Å². The number of carboxylic acid groups (broad SMARTS) is 1. The van der Waals surface area contributed by atoms with Crippen LogP contribution in [0.15, 0.2) is 18.2 Å². The fourth-order valence-electron chi connectivity index (χ4n) is 4.18. The molecule has 1 aliphatic carbocycles. The molecular weight excluding hydrogens is 356 g/mol. The summed E-state index contributed by atoms with van der Waals surface area (Å²) >= 11 is 0. The van der Waals surface area contributed by atoms with Gasteiger partial charge in [-0.3, -0.25) is 14.9 Å². The van der Waals surface area contributed by atoms with Gasteiger partial charge in [-0.25, -0.2) is 0 Å². The zero-order chi connectivity index (χ0) is 20.7. The third-order valence-corrected chi connectivity index (χ3v) is 5.85. The van der Waals surface area contributed by atoms with Gasteiger partial charge in [0.15, 0.2) is 0 Å². The van der Waals surface area contributed by atoms with E-state index < -0.39 is 5.97 Å². The third-order valence-electron chi connectivity index (χ3n) is 5.85. The third kappa shape index (κ3) is 5.94. The van der Waals surface area contributed by atoms with Gasteiger partial charge >= 0.3 is 5.97 Å². The predicted molar refractivity (Wildman–Crippen MR) is 112 cm³/mol. The molecule has 0 heterocycles. The number of carboxylic acids is 1. The molecule has 0 spiro atoms. The molecule has 1 aliphatic rings. The van der Waals surface area contributed by atoms with Gasteiger partial charge in [-0.1, -0.05) is 46.1 Å². The molecule has 0 aromatic heterocycles. The Morgan fingerprint density at radius 3 is 2.50 bits per heavy atom. The van der Waals surface area contributed by atoms with Gasteiger partial charge in [-0.05, 0) is 49.1 Å². The fourth-order valence-corrected chi connectivity index (χ4v) is 4.18. The standard InChI is InChI=1S/C22H34N2O4/c1-4-17(15-22(25)26)18-10-11-20(21(14-18)24(27)28)23(13-12-16(2)3)19-8-6-5-7-9-19/h10-11,14,16-17,19H,4-9,12-13,15H2,1-3H3,(H,25,26). The minimum atomic E-state index is -0.876. The molecule has 0 bridgehead atoms. The summed E-state index contributed by atoms with van der Waals surface area (Å²) in [7, 11) is 0. The van der Waals surface area contributed by atoms with E-state index in [9.17, 15) is 14.9 Å². The Balaban J connectivity index is 2.40. The summed E-state index contributed by atoms with van der Waals surface area (Å²) in [6, 6.07) is 5.70. The normalized spacial score (nSPS) is 16.1. The Kier molecular flexibility index (Phi) is 8.27. The zero-order valence-electron chi connectivity index (χ0n) is 17.4. The SMILES string of the molecule is CCC(CC(=O)O)c1ccc(N(CCC(C)C)C2CCCCC2)c([N+](=O)[O-])c1. The zero-order valence-corrected chi connectivity index (χ0v) is 17.4. The smallest absolute Gasteiger partial charge is 0.303 e. The number of carbonyl (C=O) groups is 1. The van der Waals surface area contributed by atoms with Crippen LogP contribution < -0.4 is 4.90 Å². The predicted octanol–water partition coefficient (Wildman–Crippen LogP) is 5.75. The monoisotopic (exact) mass is 390 g/mol. The molecule has 0 radical (unpaired) electrons. The second-order valence-corrected chi connectivity index (χ2v) is 8.38. The first-order valence-corrected chi connectivity index (χ1v) is 10.6. The van der Waals surface area contributed by atoms with Crippen LogP contribution in [-0.2, 0) is 4.79 Å². The van der Waals surface area contributed by atoms with Crippen LogP contribution in [0.2, 0.25) is 0 Å². The molecule has 6 heteroatoms. The molecule has 6 nitrogen and oxygen atoms in total. The highest BCUT2D eigenvalue weighted by Crippen LogP contribution is 2.37. The highest BCUT2D eigenvalue weighted by atomic mass is 16.6. The summed E-state index contributed by atoms with van der Waals surface area (Å²) in [5.74, 6) is -0.548. The maximum Gasteiger partial charge on any atom is 0.303 e. The lowest BCUT2D eigenvalue weighted by Gasteiger charge is -2.36. The number of rotatable bonds is 10. The van der Waals surface area contributed by atoms with E-state index >= 15 is 0 Å². The van der Waals surface area contributed by atoms with Crippen molar-refractivity contribution in [2.45, 2.75) is 84.1 Å². The van der Waals surface area contributed by atoms with Crippen molar-refractivity contribution < 1.29 is 14.8 Å². The molecule has 1 aromatic rings. The Hall–Kier alpha value is -2.11. The van der Waals surface area contributed by atoms with Gasteiger partial charge in [0.1, 0.15) is 5.69 Å². The van der Waals surface area contributed by atoms with Crippen molar-refractivity contribution in [3.63, 3.8) is 0 Å². The summed E-state index contributed by atoms with van der Waals surface area (Å²) in [5, 5.41) is 21.0. The number of anilines is 1. The van der Waals surface area contributed by atoms with E-state index in [2.05, 4.69) is 18.7 Å². The first kappa shape index (κ1) is 22.2. The number of aliphatic carboxylic acids is 1. The lowest BCUT2D eigenvalue weighted by molar-refractivity contribution is -0.384. The maximum absolute atomic E-state index is 11.9. The van der Waals surface area contributed by atoms with E-state index in [-0.39, 0.29) is 22.9 Å². The highest BCUT2D eigenvalue weighted by molar-refractivity contribution is 5.69. The van der Waals surface area contributed by atoms with Crippen LogP contribution in [0.4, 0.5) is 11.4 Å². The minimum absolute atomic E-state index is 0.00725. The van der Waals surface area contributed by atoms with Gasteiger partial charge in [0.2, 0.25) is 0 Å². The first-order valence-electron chi connectivity index (χ1n) is 10.6. The summed E-state index contributed by atoms with van der Waals surface area (Å²) in [4.78, 5) is 25.0. The molecular formula is C22H34N2O4. The van der Waals surface area contributed by atoms with Gasteiger partial charge in [0.25, 0.3) is 5.69 Å². The Labute approximate surface area is 168 Å². The van der Waals surface area contributed by atoms with Crippen LogP contribution in [-0.4, -0.2) is 28.6 Å². The summed E-state index contributed by atoms with van der Waals surface area (Å²) in [6.45, 7) is 7.09. The summed E-state index contributed by atoms with van der Waals surface area (Å²) in [6.07, 6.45) is 7.36. The summed E-state index contributed by atoms with van der Waals surface area (Å²) in [5.41, 5.74) is 1.54. The lowest BCUT2D eigenvalue weighted by atomic mass is 9.91. The van der Waals surface area contributed by atoms with Gasteiger partial charge < -0.3 is 10.0 Å². The second-order valence-electron chi connectivity index (χ2n) is 8.38. The molecule has 0 saturated heterocycles. The Bertz CT molecular complexity index is 669. The van der Waals surface area contributed by atoms with Gasteiger partial charge in [0.05, 0.1) is 11.3 Å². The van der Waals surface area contributed by atoms with Crippen molar-refractivity contribution in [2.75, 3.05) is 11.4 Å². The maximum atomic E-state index is 11.9. The molecule has 156 valence electrons. The van der Waals surface area contributed by atoms with Crippen LogP contribution in [0.5, 0.6) is 0 Å². The molecule has 1 unspecified atom stereocenters. The number of hydrogen-bond donors (Lipinski definition) is 1. The number of benzene rings is 1. The van der Waals surface area contributed by atoms with Crippen LogP contribution >= 0.6 is 0 Å². The second kappa shape index (κ2) is 10.4. The van der Waals surface area contributed by atoms with Crippen molar-refractivity contribution in [2.24, 2.45) is 5.92 Å². The number of nitro groups is 1. The number of nitro benzene ring substituents is 1. The van der Waals surface area contributed by atoms with Crippen LogP contribution in [0, 0.1) is 16.0 Å². The van der Waals surface area contributed by atoms with E-state index in [1.54, 1.807) is 6.07 Å². The summed E-state index contributed by atoms with van der Waals surface area (Å²) < 4.78 is 0. The molecule has 2 rings (SSSR count). The van der Waals surface area contributed by atoms with Crippen LogP contribution in [0.25, 0.3) is 0 Å². The van der Waals surface area contributed by atoms with Crippen molar-refractivity contribution in [3.05, 3.63) is 33.9 Å². The van der Waals surface area contributed by atoms with Gasteiger partial charge in [-0.15, -0.1) is 0 Å². The Morgan fingerprint density at radius 1 is 1.29 bits per heavy atom. The molecule has 28 heavy (non-hydrogen) atoms. The molecule has 0 amide bonds. The molecule has 1 aromatic carbocycles. The number of nitrogens with zero attached hydrogens (tertiary/aromatic N) is 2. The van der Waals surface area contributed by atoms with E-state index in [0.29, 0.717) is 24.1 Å². The molecule has 1 fully saturated rings. The van der Waals surface area contributed by atoms with E-state index in [4.69, 9.17) is 5.11 Å². The van der Waals surface area contributed by atoms with E-state index in [0.717, 1.165) is 31.4 Å². The molecule has 0 aliphatic heterocycles. The van der Waals surface area contributed by atoms with Crippen molar-refractivity contribution in [3.8, 4) is 0 Å². The van der Waals surface area contributed by atoms with Gasteiger partial charge in [-0.2, -0.15) is 0 Å². The number of hydrogen-bond acceptors (Lipinski definition) is 4. The topological polar surface area (TPSA) is 83.7 Å². The average molecular weight is 391 g/mol. The van der Waals surface area contributed by atoms with Crippen molar-refractivity contribution >= 4 is 17.3 Å². The lowest BCUT2D eigenvalue weighted by Crippen LogP contribution is -2.38. The Morgan fingerprint density at radius 2 is 1.96 bits per heavy atom. The van der Waals surface area contributed by atoms with E-state index in [1.165, 1.54) is 19.3 Å². The van der Waals surface area contributed by atoms with Crippen LogP contribution in [0.1, 0.15) is 83.6 Å². The largest absolute Gasteiger partial charge is 0.481 e. The van der Waals surface area contributed by atoms with Crippen LogP contribution in [0.3, 0.4) is 0 Å². The minimum Gasteiger partial charge on any atom is -0.481 e. The molecule has 1 N–H and O–H groups in total. The highest BCUT2D eigenvalue weighted by Gasteiger charge is 2.28. The average Bonchev–Trinajstić information content (AvgIpc) is 2.66.